The van der Waals surface area contributed by atoms with Gasteiger partial charge in [0.05, 0.1) is 0 Å². The zero-order valence-electron chi connectivity index (χ0n) is 17.4. The Kier molecular flexibility index (Phi) is 6.88. The minimum absolute atomic E-state index is 0.290. The fraction of sp³-hybridized carbons (Fsp3) is 0.391. The number of piperazine rings is 1. The van der Waals surface area contributed by atoms with Gasteiger partial charge in [0, 0.05) is 38.4 Å². The summed E-state index contributed by atoms with van der Waals surface area (Å²) in [7, 11) is 0. The lowest BCUT2D eigenvalue weighted by atomic mass is 10.0. The Labute approximate surface area is 172 Å². The van der Waals surface area contributed by atoms with E-state index in [1.54, 1.807) is 0 Å². The van der Waals surface area contributed by atoms with Crippen molar-refractivity contribution in [2.45, 2.75) is 26.8 Å². The fourth-order valence-corrected chi connectivity index (χ4v) is 3.85. The van der Waals surface area contributed by atoms with Gasteiger partial charge in [0.25, 0.3) is 0 Å². The van der Waals surface area contributed by atoms with Crippen LogP contribution in [-0.2, 0) is 4.79 Å². The third-order valence-corrected chi connectivity index (χ3v) is 5.53. The minimum atomic E-state index is -0.487. The van der Waals surface area contributed by atoms with Gasteiger partial charge >= 0.3 is 6.03 Å². The van der Waals surface area contributed by atoms with E-state index in [1.807, 2.05) is 37.3 Å². The van der Waals surface area contributed by atoms with Gasteiger partial charge in [0.2, 0.25) is 5.91 Å². The highest BCUT2D eigenvalue weighted by molar-refractivity contribution is 5.97. The molecule has 1 heterocycles. The Morgan fingerprint density at radius 3 is 2.31 bits per heavy atom. The first kappa shape index (κ1) is 20.9. The van der Waals surface area contributed by atoms with Crippen LogP contribution in [0.15, 0.2) is 48.5 Å². The summed E-state index contributed by atoms with van der Waals surface area (Å²) in [6.07, 6.45) is 0. The number of amides is 3. The van der Waals surface area contributed by atoms with E-state index < -0.39 is 12.1 Å². The number of urea groups is 1. The highest BCUT2D eigenvalue weighted by Crippen LogP contribution is 2.27. The van der Waals surface area contributed by atoms with Crippen LogP contribution in [0.1, 0.15) is 29.7 Å². The van der Waals surface area contributed by atoms with Crippen LogP contribution in [0.3, 0.4) is 0 Å². The highest BCUT2D eigenvalue weighted by Gasteiger charge is 2.31. The van der Waals surface area contributed by atoms with Gasteiger partial charge in [-0.15, -0.1) is 0 Å². The van der Waals surface area contributed by atoms with Crippen LogP contribution in [0, 0.1) is 13.8 Å². The first-order valence-electron chi connectivity index (χ1n) is 10.2. The molecule has 29 heavy (non-hydrogen) atoms. The van der Waals surface area contributed by atoms with Crippen molar-refractivity contribution in [3.63, 3.8) is 0 Å². The maximum Gasteiger partial charge on any atom is 0.321 e. The fourth-order valence-electron chi connectivity index (χ4n) is 3.85. The van der Waals surface area contributed by atoms with E-state index >= 15 is 0 Å². The molecule has 0 aliphatic carbocycles. The lowest BCUT2D eigenvalue weighted by Crippen LogP contribution is -2.52. The van der Waals surface area contributed by atoms with Gasteiger partial charge in [-0.2, -0.15) is 0 Å². The van der Waals surface area contributed by atoms with Crippen molar-refractivity contribution < 1.29 is 9.59 Å². The van der Waals surface area contributed by atoms with Gasteiger partial charge in [0.15, 0.2) is 0 Å². The number of anilines is 1. The van der Waals surface area contributed by atoms with Crippen molar-refractivity contribution in [1.29, 1.82) is 0 Å². The largest absolute Gasteiger partial charge is 0.369 e. The van der Waals surface area contributed by atoms with Crippen molar-refractivity contribution in [2.75, 3.05) is 37.6 Å². The Bertz CT molecular complexity index is 845. The maximum atomic E-state index is 13.0. The van der Waals surface area contributed by atoms with E-state index in [2.05, 4.69) is 52.5 Å². The molecule has 1 atom stereocenters. The summed E-state index contributed by atoms with van der Waals surface area (Å²) < 4.78 is 0. The number of benzene rings is 2. The molecular weight excluding hydrogens is 364 g/mol. The van der Waals surface area contributed by atoms with Crippen LogP contribution in [-0.4, -0.2) is 49.6 Å². The van der Waals surface area contributed by atoms with Crippen molar-refractivity contribution in [3.8, 4) is 0 Å². The van der Waals surface area contributed by atoms with Crippen LogP contribution in [0.5, 0.6) is 0 Å². The van der Waals surface area contributed by atoms with Gasteiger partial charge in [0.1, 0.15) is 6.04 Å². The third-order valence-electron chi connectivity index (χ3n) is 5.53. The molecule has 154 valence electrons. The Balaban J connectivity index is 1.75. The second-order valence-electron chi connectivity index (χ2n) is 7.40. The smallest absolute Gasteiger partial charge is 0.321 e. The maximum absolute atomic E-state index is 13.0. The molecule has 0 aromatic heterocycles. The number of nitrogens with one attached hydrogen (secondary N) is 2. The molecule has 1 unspecified atom stereocenters. The number of hydrogen-bond acceptors (Lipinski definition) is 4. The van der Waals surface area contributed by atoms with E-state index in [0.717, 1.165) is 31.7 Å². The lowest BCUT2D eigenvalue weighted by Gasteiger charge is -2.40. The number of aryl methyl sites for hydroxylation is 1. The van der Waals surface area contributed by atoms with Crippen LogP contribution >= 0.6 is 0 Å². The Hall–Kier alpha value is -2.86. The second kappa shape index (κ2) is 9.56. The number of imide groups is 1. The van der Waals surface area contributed by atoms with E-state index in [4.69, 9.17) is 0 Å². The van der Waals surface area contributed by atoms with Crippen LogP contribution < -0.4 is 15.5 Å². The predicted octanol–water partition coefficient (Wildman–Crippen LogP) is 3.01. The molecule has 3 rings (SSSR count). The molecule has 6 nitrogen and oxygen atoms in total. The number of nitrogens with zero attached hydrogens (tertiary/aromatic N) is 2. The summed E-state index contributed by atoms with van der Waals surface area (Å²) in [5.41, 5.74) is 4.74. The van der Waals surface area contributed by atoms with Crippen molar-refractivity contribution >= 4 is 17.6 Å². The molecule has 0 bridgehead atoms. The van der Waals surface area contributed by atoms with Crippen LogP contribution in [0.2, 0.25) is 0 Å². The molecule has 2 N–H and O–H groups in total. The van der Waals surface area contributed by atoms with Gasteiger partial charge in [-0.25, -0.2) is 4.79 Å². The quantitative estimate of drug-likeness (QED) is 0.818. The Morgan fingerprint density at radius 1 is 0.966 bits per heavy atom. The van der Waals surface area contributed by atoms with Gasteiger partial charge in [-0.3, -0.25) is 15.0 Å². The van der Waals surface area contributed by atoms with Crippen molar-refractivity contribution in [2.24, 2.45) is 0 Å². The number of hydrogen-bond donors (Lipinski definition) is 2. The molecule has 6 heteroatoms. The molecule has 1 fully saturated rings. The summed E-state index contributed by atoms with van der Waals surface area (Å²) >= 11 is 0. The minimum Gasteiger partial charge on any atom is -0.369 e. The number of carbonyl (C=O) groups excluding carboxylic acids is 2. The zero-order chi connectivity index (χ0) is 20.8. The van der Waals surface area contributed by atoms with Gasteiger partial charge < -0.3 is 10.2 Å². The molecule has 0 radical (unpaired) electrons. The SMILES string of the molecule is CCNC(=O)NC(=O)C(c1ccccc1)N1CCN(c2cccc(C)c2C)CC1. The van der Waals surface area contributed by atoms with Gasteiger partial charge in [-0.1, -0.05) is 42.5 Å². The normalized spacial score (nSPS) is 15.6. The molecule has 1 aliphatic heterocycles. The van der Waals surface area contributed by atoms with Crippen molar-refractivity contribution in [3.05, 3.63) is 65.2 Å². The van der Waals surface area contributed by atoms with E-state index in [1.165, 1.54) is 16.8 Å². The molecule has 1 saturated heterocycles. The van der Waals surface area contributed by atoms with Crippen LogP contribution in [0.4, 0.5) is 10.5 Å². The van der Waals surface area contributed by atoms with Crippen LogP contribution in [0.25, 0.3) is 0 Å². The lowest BCUT2D eigenvalue weighted by molar-refractivity contribution is -0.125. The van der Waals surface area contributed by atoms with E-state index in [0.29, 0.717) is 6.54 Å². The molecule has 0 spiro atoms. The monoisotopic (exact) mass is 394 g/mol. The molecule has 2 aromatic carbocycles. The predicted molar refractivity (Wildman–Crippen MR) is 116 cm³/mol. The molecule has 1 aliphatic rings. The third kappa shape index (κ3) is 4.95. The van der Waals surface area contributed by atoms with E-state index in [-0.39, 0.29) is 5.91 Å². The first-order valence-corrected chi connectivity index (χ1v) is 10.2. The standard InChI is InChI=1S/C23H30N4O2/c1-4-24-23(29)25-22(28)21(19-10-6-5-7-11-19)27-15-13-26(14-16-27)20-12-8-9-17(2)18(20)3/h5-12,21H,4,13-16H2,1-3H3,(H2,24,25,28,29). The summed E-state index contributed by atoms with van der Waals surface area (Å²) in [6, 6.07) is 15.1. The van der Waals surface area contributed by atoms with Crippen molar-refractivity contribution in [1.82, 2.24) is 15.5 Å². The van der Waals surface area contributed by atoms with E-state index in [9.17, 15) is 9.59 Å². The molecule has 2 aromatic rings. The molecular formula is C23H30N4O2. The highest BCUT2D eigenvalue weighted by atomic mass is 16.2. The number of carbonyl (C=O) groups is 2. The topological polar surface area (TPSA) is 64.7 Å². The molecule has 0 saturated carbocycles. The summed E-state index contributed by atoms with van der Waals surface area (Å²) in [6.45, 7) is 9.75. The summed E-state index contributed by atoms with van der Waals surface area (Å²) in [5, 5.41) is 5.12. The average molecular weight is 395 g/mol. The number of rotatable bonds is 5. The Morgan fingerprint density at radius 2 is 1.66 bits per heavy atom. The first-order chi connectivity index (χ1) is 14.0. The van der Waals surface area contributed by atoms with Gasteiger partial charge in [-0.05, 0) is 43.5 Å². The zero-order valence-corrected chi connectivity index (χ0v) is 17.4. The average Bonchev–Trinajstić information content (AvgIpc) is 2.72. The second-order valence-corrected chi connectivity index (χ2v) is 7.40. The summed E-state index contributed by atoms with van der Waals surface area (Å²) in [5.74, 6) is -0.290. The summed E-state index contributed by atoms with van der Waals surface area (Å²) in [4.78, 5) is 29.4. The molecule has 3 amide bonds.